The van der Waals surface area contributed by atoms with Gasteiger partial charge in [-0.3, -0.25) is 0 Å². The van der Waals surface area contributed by atoms with Gasteiger partial charge in [-0.1, -0.05) is 144 Å². The van der Waals surface area contributed by atoms with Gasteiger partial charge in [0.15, 0.2) is 0 Å². The van der Waals surface area contributed by atoms with Crippen LogP contribution in [0.5, 0.6) is 0 Å². The molecule has 0 aromatic carbocycles. The molecule has 2 N–H and O–H groups in total. The topological polar surface area (TPSA) is 40.5 Å². The van der Waals surface area contributed by atoms with Gasteiger partial charge in [0.1, 0.15) is 0 Å². The lowest BCUT2D eigenvalue weighted by molar-refractivity contribution is 0.254. The van der Waals surface area contributed by atoms with E-state index >= 15 is 0 Å². The van der Waals surface area contributed by atoms with Crippen LogP contribution >= 0.6 is 0 Å². The highest BCUT2D eigenvalue weighted by molar-refractivity contribution is 4.81. The molecule has 2 fully saturated rings. The van der Waals surface area contributed by atoms with Gasteiger partial charge in [0, 0.05) is 13.2 Å². The maximum atomic E-state index is 9.12. The van der Waals surface area contributed by atoms with Crippen LogP contribution in [0.25, 0.3) is 0 Å². The first-order valence-electron chi connectivity index (χ1n) is 19.4. The highest BCUT2D eigenvalue weighted by atomic mass is 16.3. The quantitative estimate of drug-likeness (QED) is 0.111. The minimum absolute atomic E-state index is 0.358. The average molecular weight is 591 g/mol. The fraction of sp³-hybridized carbons (Fsp3) is 1.00. The van der Waals surface area contributed by atoms with Crippen molar-refractivity contribution in [1.29, 1.82) is 0 Å². The molecule has 0 amide bonds. The molecule has 0 saturated heterocycles. The Kier molecular flexibility index (Phi) is 20.3. The van der Waals surface area contributed by atoms with Crippen LogP contribution in [0.1, 0.15) is 183 Å². The van der Waals surface area contributed by atoms with Crippen LogP contribution in [-0.4, -0.2) is 23.4 Å². The Bertz CT molecular complexity index is 579. The van der Waals surface area contributed by atoms with Crippen molar-refractivity contribution in [2.24, 2.45) is 59.2 Å². The fourth-order valence-electron chi connectivity index (χ4n) is 8.93. The minimum atomic E-state index is 0.358. The molecule has 0 spiro atoms. The van der Waals surface area contributed by atoms with Crippen molar-refractivity contribution < 1.29 is 10.2 Å². The van der Waals surface area contributed by atoms with E-state index in [-0.39, 0.29) is 0 Å². The smallest absolute Gasteiger partial charge is 0.0433 e. The second-order valence-electron chi connectivity index (χ2n) is 16.6. The van der Waals surface area contributed by atoms with Crippen LogP contribution in [0.4, 0.5) is 0 Å². The largest absolute Gasteiger partial charge is 0.396 e. The molecule has 2 aliphatic carbocycles. The molecule has 2 rings (SSSR count). The zero-order chi connectivity index (χ0) is 30.7. The zero-order valence-electron chi connectivity index (χ0n) is 29.6. The van der Waals surface area contributed by atoms with E-state index in [9.17, 15) is 0 Å². The van der Waals surface area contributed by atoms with E-state index in [1.54, 1.807) is 0 Å². The first-order valence-corrected chi connectivity index (χ1v) is 19.4. The Morgan fingerprint density at radius 1 is 0.429 bits per heavy atom. The number of hydrogen-bond acceptors (Lipinski definition) is 2. The number of aliphatic hydroxyl groups is 2. The summed E-state index contributed by atoms with van der Waals surface area (Å²) in [5, 5.41) is 18.2. The molecular formula is C40H78O2. The van der Waals surface area contributed by atoms with E-state index in [4.69, 9.17) is 10.2 Å². The Balaban J connectivity index is 1.46. The van der Waals surface area contributed by atoms with Crippen molar-refractivity contribution in [3.05, 3.63) is 0 Å². The average Bonchev–Trinajstić information content (AvgIpc) is 3.62. The summed E-state index contributed by atoms with van der Waals surface area (Å²) in [6.07, 6.45) is 30.6. The van der Waals surface area contributed by atoms with Crippen LogP contribution in [0, 0.1) is 59.2 Å². The lowest BCUT2D eigenvalue weighted by Crippen LogP contribution is -2.10. The molecule has 2 heteroatoms. The Labute approximate surface area is 265 Å². The van der Waals surface area contributed by atoms with Crippen LogP contribution in [0.3, 0.4) is 0 Å². The van der Waals surface area contributed by atoms with E-state index in [0.29, 0.717) is 25.0 Å². The van der Waals surface area contributed by atoms with E-state index in [0.717, 1.165) is 60.2 Å². The summed E-state index contributed by atoms with van der Waals surface area (Å²) in [5.41, 5.74) is 0. The summed E-state index contributed by atoms with van der Waals surface area (Å²) in [4.78, 5) is 0. The molecule has 0 bridgehead atoms. The first kappa shape index (κ1) is 38.1. The maximum absolute atomic E-state index is 9.12. The molecule has 0 heterocycles. The number of rotatable bonds is 25. The summed E-state index contributed by atoms with van der Waals surface area (Å²) in [6, 6.07) is 0. The first-order chi connectivity index (χ1) is 20.2. The van der Waals surface area contributed by atoms with Crippen molar-refractivity contribution in [1.82, 2.24) is 0 Å². The van der Waals surface area contributed by atoms with Crippen molar-refractivity contribution in [2.45, 2.75) is 183 Å². The van der Waals surface area contributed by atoms with Crippen molar-refractivity contribution >= 4 is 0 Å². The lowest BCUT2D eigenvalue weighted by atomic mass is 9.84. The third-order valence-electron chi connectivity index (χ3n) is 12.5. The molecule has 0 aliphatic heterocycles. The molecule has 250 valence electrons. The fourth-order valence-corrected chi connectivity index (χ4v) is 8.93. The second-order valence-corrected chi connectivity index (χ2v) is 16.6. The van der Waals surface area contributed by atoms with Crippen LogP contribution in [-0.2, 0) is 0 Å². The third kappa shape index (κ3) is 16.3. The van der Waals surface area contributed by atoms with E-state index in [2.05, 4.69) is 41.5 Å². The standard InChI is InChI=1S/C40H78O2/c1-31(11-7-15-35(5)39-23-21-37(29-39)17-9-13-33(3)25-27-41)19-20-32(2)12-8-16-36(6)40-24-22-38(30-40)18-10-14-34(4)26-28-42/h31-42H,7-30H2,1-6H3. The maximum Gasteiger partial charge on any atom is 0.0433 e. The molecule has 2 nitrogen and oxygen atoms in total. The molecule has 0 aromatic rings. The summed E-state index contributed by atoms with van der Waals surface area (Å²) in [7, 11) is 0. The van der Waals surface area contributed by atoms with Gasteiger partial charge >= 0.3 is 0 Å². The van der Waals surface area contributed by atoms with Gasteiger partial charge < -0.3 is 10.2 Å². The highest BCUT2D eigenvalue weighted by Gasteiger charge is 2.29. The number of aliphatic hydroxyl groups excluding tert-OH is 2. The molecule has 2 saturated carbocycles. The van der Waals surface area contributed by atoms with E-state index in [1.807, 2.05) is 0 Å². The predicted molar refractivity (Wildman–Crippen MR) is 185 cm³/mol. The minimum Gasteiger partial charge on any atom is -0.396 e. The number of hydrogen-bond donors (Lipinski definition) is 2. The summed E-state index contributed by atoms with van der Waals surface area (Å²) in [5.74, 6) is 8.99. The van der Waals surface area contributed by atoms with Crippen molar-refractivity contribution in [3.63, 3.8) is 0 Å². The Morgan fingerprint density at radius 2 is 0.786 bits per heavy atom. The van der Waals surface area contributed by atoms with Crippen molar-refractivity contribution in [2.75, 3.05) is 13.2 Å². The molecule has 10 atom stereocenters. The van der Waals surface area contributed by atoms with Gasteiger partial charge in [-0.05, 0) is 97.7 Å². The summed E-state index contributed by atoms with van der Waals surface area (Å²) < 4.78 is 0. The van der Waals surface area contributed by atoms with E-state index in [1.165, 1.54) is 128 Å². The van der Waals surface area contributed by atoms with Gasteiger partial charge in [0.05, 0.1) is 0 Å². The predicted octanol–water partition coefficient (Wildman–Crippen LogP) is 11.9. The molecule has 0 aromatic heterocycles. The van der Waals surface area contributed by atoms with Gasteiger partial charge in [-0.15, -0.1) is 0 Å². The summed E-state index contributed by atoms with van der Waals surface area (Å²) in [6.45, 7) is 15.5. The molecule has 10 unspecified atom stereocenters. The summed E-state index contributed by atoms with van der Waals surface area (Å²) >= 11 is 0. The van der Waals surface area contributed by atoms with Crippen LogP contribution < -0.4 is 0 Å². The monoisotopic (exact) mass is 591 g/mol. The normalized spacial score (nSPS) is 27.1. The lowest BCUT2D eigenvalue weighted by Gasteiger charge is -2.22. The molecular weight excluding hydrogens is 512 g/mol. The zero-order valence-corrected chi connectivity index (χ0v) is 29.6. The molecule has 42 heavy (non-hydrogen) atoms. The third-order valence-corrected chi connectivity index (χ3v) is 12.5. The highest BCUT2D eigenvalue weighted by Crippen LogP contribution is 2.41. The van der Waals surface area contributed by atoms with Crippen molar-refractivity contribution in [3.8, 4) is 0 Å². The van der Waals surface area contributed by atoms with Gasteiger partial charge in [0.25, 0.3) is 0 Å². The SMILES string of the molecule is CC(CCO)CCCC1CCC(C(C)CCCC(C)CCC(C)CCCC(C)C2CCC(CCCC(C)CCO)C2)C1. The van der Waals surface area contributed by atoms with E-state index < -0.39 is 0 Å². The van der Waals surface area contributed by atoms with Crippen LogP contribution in [0.2, 0.25) is 0 Å². The van der Waals surface area contributed by atoms with Gasteiger partial charge in [-0.2, -0.15) is 0 Å². The Hall–Kier alpha value is -0.0800. The second kappa shape index (κ2) is 22.4. The van der Waals surface area contributed by atoms with Gasteiger partial charge in [0.2, 0.25) is 0 Å². The molecule has 2 aliphatic rings. The molecule has 0 radical (unpaired) electrons. The van der Waals surface area contributed by atoms with Crippen LogP contribution in [0.15, 0.2) is 0 Å². The Morgan fingerprint density at radius 3 is 1.17 bits per heavy atom. The van der Waals surface area contributed by atoms with Gasteiger partial charge in [-0.25, -0.2) is 0 Å².